The fraction of sp³-hybridized carbons (Fsp3) is 0.375. The molecule has 1 aromatic carbocycles. The lowest BCUT2D eigenvalue weighted by atomic mass is 10.2. The predicted molar refractivity (Wildman–Crippen MR) is 95.5 cm³/mol. The highest BCUT2D eigenvalue weighted by molar-refractivity contribution is 7.99. The molecule has 8 nitrogen and oxygen atoms in total. The third-order valence-corrected chi connectivity index (χ3v) is 4.98. The molecule has 2 N–H and O–H groups in total. The van der Waals surface area contributed by atoms with Crippen molar-refractivity contribution in [1.82, 2.24) is 24.7 Å². The second-order valence-electron chi connectivity index (χ2n) is 5.77. The number of carbonyl (C=O) groups is 1. The van der Waals surface area contributed by atoms with Gasteiger partial charge in [-0.15, -0.1) is 5.10 Å². The number of carbonyl (C=O) groups excluding carboxylic acids is 1. The standard InChI is InChI=1S/C16H20N6O2S/c17-22-14(23)10-18-19-16(22)25-12-15(24)21-8-6-20(7-9-21)11-13-4-2-1-3-5-13/h1-5,10H,6-9,11-12,17H2. The molecule has 0 bridgehead atoms. The summed E-state index contributed by atoms with van der Waals surface area (Å²) in [6, 6.07) is 10.3. The number of hydrogen-bond donors (Lipinski definition) is 1. The van der Waals surface area contributed by atoms with Crippen LogP contribution in [-0.4, -0.2) is 62.5 Å². The van der Waals surface area contributed by atoms with Crippen LogP contribution in [0.4, 0.5) is 0 Å². The van der Waals surface area contributed by atoms with Crippen molar-refractivity contribution in [2.45, 2.75) is 11.7 Å². The molecule has 2 aromatic rings. The zero-order chi connectivity index (χ0) is 17.6. The molecule has 0 atom stereocenters. The van der Waals surface area contributed by atoms with Gasteiger partial charge < -0.3 is 10.7 Å². The quantitative estimate of drug-likeness (QED) is 0.582. The summed E-state index contributed by atoms with van der Waals surface area (Å²) in [6.45, 7) is 3.98. The average Bonchev–Trinajstić information content (AvgIpc) is 2.64. The van der Waals surface area contributed by atoms with Gasteiger partial charge in [-0.1, -0.05) is 42.1 Å². The van der Waals surface area contributed by atoms with Gasteiger partial charge in [0.15, 0.2) is 0 Å². The Morgan fingerprint density at radius 2 is 1.88 bits per heavy atom. The second kappa shape index (κ2) is 8.13. The number of thioether (sulfide) groups is 1. The van der Waals surface area contributed by atoms with Crippen molar-refractivity contribution in [2.24, 2.45) is 0 Å². The van der Waals surface area contributed by atoms with E-state index >= 15 is 0 Å². The minimum Gasteiger partial charge on any atom is -0.339 e. The lowest BCUT2D eigenvalue weighted by Crippen LogP contribution is -2.48. The van der Waals surface area contributed by atoms with Crippen molar-refractivity contribution < 1.29 is 4.79 Å². The number of nitrogen functional groups attached to an aromatic ring is 1. The molecule has 0 unspecified atom stereocenters. The molecule has 1 fully saturated rings. The highest BCUT2D eigenvalue weighted by Gasteiger charge is 2.21. The van der Waals surface area contributed by atoms with E-state index < -0.39 is 5.56 Å². The molecule has 1 aliphatic heterocycles. The molecule has 0 aliphatic carbocycles. The third kappa shape index (κ3) is 4.58. The molecule has 0 saturated carbocycles. The number of aromatic nitrogens is 3. The van der Waals surface area contributed by atoms with E-state index in [1.54, 1.807) is 0 Å². The molecular weight excluding hydrogens is 340 g/mol. The summed E-state index contributed by atoms with van der Waals surface area (Å²) >= 11 is 1.13. The molecule has 1 saturated heterocycles. The maximum atomic E-state index is 12.3. The van der Waals surface area contributed by atoms with Crippen LogP contribution in [0.3, 0.4) is 0 Å². The highest BCUT2D eigenvalue weighted by atomic mass is 32.2. The summed E-state index contributed by atoms with van der Waals surface area (Å²) in [6.07, 6.45) is 1.04. The van der Waals surface area contributed by atoms with E-state index in [1.807, 2.05) is 23.1 Å². The first kappa shape index (κ1) is 17.4. The van der Waals surface area contributed by atoms with Gasteiger partial charge in [0.25, 0.3) is 5.56 Å². The Bertz CT molecular complexity index is 774. The van der Waals surface area contributed by atoms with Crippen LogP contribution < -0.4 is 11.4 Å². The van der Waals surface area contributed by atoms with E-state index in [-0.39, 0.29) is 16.8 Å². The Hall–Kier alpha value is -2.39. The van der Waals surface area contributed by atoms with Crippen LogP contribution in [-0.2, 0) is 11.3 Å². The Kier molecular flexibility index (Phi) is 5.67. The monoisotopic (exact) mass is 360 g/mol. The number of piperazine rings is 1. The Balaban J connectivity index is 1.47. The fourth-order valence-corrected chi connectivity index (χ4v) is 3.41. The molecular formula is C16H20N6O2S. The zero-order valence-corrected chi connectivity index (χ0v) is 14.6. The van der Waals surface area contributed by atoms with Crippen molar-refractivity contribution in [2.75, 3.05) is 37.8 Å². The largest absolute Gasteiger partial charge is 0.339 e. The van der Waals surface area contributed by atoms with Gasteiger partial charge in [-0.05, 0) is 5.56 Å². The number of hydrogen-bond acceptors (Lipinski definition) is 7. The number of nitrogens with two attached hydrogens (primary N) is 1. The number of benzene rings is 1. The zero-order valence-electron chi connectivity index (χ0n) is 13.7. The molecule has 132 valence electrons. The number of rotatable bonds is 5. The Labute approximate surface area is 149 Å². The molecule has 0 spiro atoms. The van der Waals surface area contributed by atoms with Crippen LogP contribution in [0.25, 0.3) is 0 Å². The minimum absolute atomic E-state index is 0.0162. The van der Waals surface area contributed by atoms with Gasteiger partial charge in [-0.25, -0.2) is 0 Å². The molecule has 2 heterocycles. The minimum atomic E-state index is -0.445. The van der Waals surface area contributed by atoms with Gasteiger partial charge in [-0.3, -0.25) is 14.5 Å². The van der Waals surface area contributed by atoms with Crippen LogP contribution in [0.1, 0.15) is 5.56 Å². The van der Waals surface area contributed by atoms with Crippen LogP contribution in [0.15, 0.2) is 46.5 Å². The van der Waals surface area contributed by atoms with Crippen molar-refractivity contribution in [3.8, 4) is 0 Å². The van der Waals surface area contributed by atoms with E-state index in [0.717, 1.165) is 42.3 Å². The average molecular weight is 360 g/mol. The van der Waals surface area contributed by atoms with Crippen molar-refractivity contribution >= 4 is 17.7 Å². The lowest BCUT2D eigenvalue weighted by Gasteiger charge is -2.34. The molecule has 1 amide bonds. The Morgan fingerprint density at radius 3 is 2.60 bits per heavy atom. The number of nitrogens with zero attached hydrogens (tertiary/aromatic N) is 5. The van der Waals surface area contributed by atoms with E-state index in [2.05, 4.69) is 27.2 Å². The van der Waals surface area contributed by atoms with Gasteiger partial charge in [0, 0.05) is 32.7 Å². The number of amides is 1. The highest BCUT2D eigenvalue weighted by Crippen LogP contribution is 2.14. The normalized spacial score (nSPS) is 15.3. The molecule has 9 heteroatoms. The topological polar surface area (TPSA) is 97.3 Å². The maximum Gasteiger partial charge on any atom is 0.291 e. The third-order valence-electron chi connectivity index (χ3n) is 4.05. The van der Waals surface area contributed by atoms with Crippen LogP contribution in [0, 0.1) is 0 Å². The van der Waals surface area contributed by atoms with Crippen LogP contribution >= 0.6 is 11.8 Å². The summed E-state index contributed by atoms with van der Waals surface area (Å²) in [5, 5.41) is 7.60. The van der Waals surface area contributed by atoms with E-state index in [9.17, 15) is 9.59 Å². The summed E-state index contributed by atoms with van der Waals surface area (Å²) in [4.78, 5) is 27.9. The maximum absolute atomic E-state index is 12.3. The Morgan fingerprint density at radius 1 is 1.16 bits per heavy atom. The molecule has 1 aliphatic rings. The molecule has 3 rings (SSSR count). The predicted octanol–water partition coefficient (Wildman–Crippen LogP) is -0.211. The van der Waals surface area contributed by atoms with Crippen molar-refractivity contribution in [3.05, 3.63) is 52.4 Å². The van der Waals surface area contributed by atoms with Gasteiger partial charge in [0.1, 0.15) is 6.20 Å². The van der Waals surface area contributed by atoms with Crippen LogP contribution in [0.2, 0.25) is 0 Å². The summed E-state index contributed by atoms with van der Waals surface area (Å²) in [5.41, 5.74) is 0.834. The van der Waals surface area contributed by atoms with Crippen molar-refractivity contribution in [3.63, 3.8) is 0 Å². The van der Waals surface area contributed by atoms with E-state index in [4.69, 9.17) is 5.84 Å². The van der Waals surface area contributed by atoms with Gasteiger partial charge in [-0.2, -0.15) is 9.77 Å². The first-order valence-corrected chi connectivity index (χ1v) is 8.99. The van der Waals surface area contributed by atoms with Gasteiger partial charge in [0.2, 0.25) is 11.1 Å². The van der Waals surface area contributed by atoms with Crippen LogP contribution in [0.5, 0.6) is 0 Å². The lowest BCUT2D eigenvalue weighted by molar-refractivity contribution is -0.130. The second-order valence-corrected chi connectivity index (χ2v) is 6.71. The molecule has 1 aromatic heterocycles. The van der Waals surface area contributed by atoms with E-state index in [0.29, 0.717) is 13.1 Å². The smallest absolute Gasteiger partial charge is 0.291 e. The summed E-state index contributed by atoms with van der Waals surface area (Å²) < 4.78 is 0.906. The fourth-order valence-electron chi connectivity index (χ4n) is 2.65. The molecule has 25 heavy (non-hydrogen) atoms. The van der Waals surface area contributed by atoms with E-state index in [1.165, 1.54) is 5.56 Å². The first-order chi connectivity index (χ1) is 12.1. The summed E-state index contributed by atoms with van der Waals surface area (Å²) in [7, 11) is 0. The van der Waals surface area contributed by atoms with Crippen molar-refractivity contribution in [1.29, 1.82) is 0 Å². The first-order valence-electron chi connectivity index (χ1n) is 8.00. The summed E-state index contributed by atoms with van der Waals surface area (Å²) in [5.74, 6) is 5.79. The van der Waals surface area contributed by atoms with Gasteiger partial charge in [0.05, 0.1) is 5.75 Å². The van der Waals surface area contributed by atoms with Gasteiger partial charge >= 0.3 is 0 Å². The molecule has 0 radical (unpaired) electrons. The SMILES string of the molecule is Nn1c(SCC(=O)N2CCN(Cc3ccccc3)CC2)nncc1=O.